The molecular formula is C25H19FN2O6S. The zero-order chi connectivity index (χ0) is 24.9. The van der Waals surface area contributed by atoms with Crippen LogP contribution in [0.25, 0.3) is 6.08 Å². The molecule has 0 unspecified atom stereocenters. The van der Waals surface area contributed by atoms with E-state index < -0.39 is 21.9 Å². The van der Waals surface area contributed by atoms with Gasteiger partial charge in [0.25, 0.3) is 16.8 Å². The first-order valence-electron chi connectivity index (χ1n) is 10.4. The second-order valence-corrected chi connectivity index (χ2v) is 8.44. The molecule has 0 spiro atoms. The van der Waals surface area contributed by atoms with E-state index in [1.165, 1.54) is 37.5 Å². The third-order valence-electron chi connectivity index (χ3n) is 5.22. The highest BCUT2D eigenvalue weighted by atomic mass is 32.2. The Labute approximate surface area is 204 Å². The van der Waals surface area contributed by atoms with Crippen LogP contribution in [-0.4, -0.2) is 28.1 Å². The minimum absolute atomic E-state index is 0.0289. The number of benzene rings is 3. The Kier molecular flexibility index (Phi) is 7.11. The molecule has 0 radical (unpaired) electrons. The number of thioether (sulfide) groups is 1. The lowest BCUT2D eigenvalue weighted by molar-refractivity contribution is -0.385. The quantitative estimate of drug-likeness (QED) is 0.230. The number of para-hydroxylation sites is 1. The number of carbonyl (C=O) groups is 2. The van der Waals surface area contributed by atoms with Crippen LogP contribution in [0, 0.1) is 15.9 Å². The summed E-state index contributed by atoms with van der Waals surface area (Å²) in [6.07, 6.45) is 1.53. The summed E-state index contributed by atoms with van der Waals surface area (Å²) in [7, 11) is 1.47. The minimum atomic E-state index is -0.553. The smallest absolute Gasteiger partial charge is 0.293 e. The van der Waals surface area contributed by atoms with Gasteiger partial charge >= 0.3 is 0 Å². The molecule has 2 amide bonds. The second-order valence-electron chi connectivity index (χ2n) is 7.44. The molecule has 1 fully saturated rings. The van der Waals surface area contributed by atoms with Gasteiger partial charge in [0.1, 0.15) is 12.4 Å². The number of rotatable bonds is 8. The van der Waals surface area contributed by atoms with Gasteiger partial charge in [0.05, 0.1) is 23.5 Å². The molecule has 35 heavy (non-hydrogen) atoms. The predicted octanol–water partition coefficient (Wildman–Crippen LogP) is 5.56. The third-order valence-corrected chi connectivity index (χ3v) is 6.12. The van der Waals surface area contributed by atoms with E-state index in [0.29, 0.717) is 22.6 Å². The van der Waals surface area contributed by atoms with Crippen LogP contribution in [0.5, 0.6) is 11.5 Å². The number of carbonyl (C=O) groups excluding carboxylic acids is 2. The number of methoxy groups -OCH3 is 1. The summed E-state index contributed by atoms with van der Waals surface area (Å²) < 4.78 is 25.0. The number of hydrogen-bond donors (Lipinski definition) is 0. The van der Waals surface area contributed by atoms with Gasteiger partial charge in [-0.1, -0.05) is 42.5 Å². The normalized spacial score (nSPS) is 14.5. The molecule has 1 saturated heterocycles. The Morgan fingerprint density at radius 3 is 2.46 bits per heavy atom. The van der Waals surface area contributed by atoms with Crippen LogP contribution in [0.1, 0.15) is 16.7 Å². The van der Waals surface area contributed by atoms with Crippen molar-refractivity contribution in [3.05, 3.63) is 104 Å². The lowest BCUT2D eigenvalue weighted by atomic mass is 10.1. The van der Waals surface area contributed by atoms with E-state index in [2.05, 4.69) is 0 Å². The van der Waals surface area contributed by atoms with Crippen molar-refractivity contribution in [2.45, 2.75) is 13.2 Å². The van der Waals surface area contributed by atoms with Crippen LogP contribution in [0.15, 0.2) is 71.6 Å². The highest BCUT2D eigenvalue weighted by Gasteiger charge is 2.36. The first-order valence-corrected chi connectivity index (χ1v) is 11.2. The molecule has 0 N–H and O–H groups in total. The van der Waals surface area contributed by atoms with Gasteiger partial charge in [0, 0.05) is 17.2 Å². The molecule has 4 rings (SSSR count). The lowest BCUT2D eigenvalue weighted by Crippen LogP contribution is -2.27. The van der Waals surface area contributed by atoms with E-state index in [4.69, 9.17) is 9.47 Å². The summed E-state index contributed by atoms with van der Waals surface area (Å²) in [6, 6.07) is 17.1. The van der Waals surface area contributed by atoms with Crippen molar-refractivity contribution in [1.82, 2.24) is 4.90 Å². The van der Waals surface area contributed by atoms with Gasteiger partial charge in [0.2, 0.25) is 0 Å². The molecule has 3 aromatic carbocycles. The van der Waals surface area contributed by atoms with Crippen molar-refractivity contribution in [3.8, 4) is 11.5 Å². The zero-order valence-corrected chi connectivity index (χ0v) is 19.3. The number of nitro benzene ring substituents is 1. The van der Waals surface area contributed by atoms with Gasteiger partial charge in [-0.3, -0.25) is 24.6 Å². The number of ether oxygens (including phenoxy) is 2. The van der Waals surface area contributed by atoms with Crippen LogP contribution in [-0.2, 0) is 17.9 Å². The molecule has 178 valence electrons. The number of nitrogens with zero attached hydrogens (tertiary/aromatic N) is 2. The predicted molar refractivity (Wildman–Crippen MR) is 128 cm³/mol. The summed E-state index contributed by atoms with van der Waals surface area (Å²) in [4.78, 5) is 37.3. The lowest BCUT2D eigenvalue weighted by Gasteiger charge is -2.13. The molecule has 8 nitrogen and oxygen atoms in total. The Morgan fingerprint density at radius 2 is 1.74 bits per heavy atom. The standard InChI is InChI=1S/C25H19FN2O6S/c1-33-21-11-10-16(12-22(21)34-15-18-7-2-4-8-19(18)26)13-23-24(29)27(25(30)35-23)14-17-6-3-5-9-20(17)28(31)32/h2-13H,14-15H2,1H3/b23-13-. The fraction of sp³-hybridized carbons (Fsp3) is 0.120. The molecule has 10 heteroatoms. The number of nitro groups is 1. The molecule has 0 aromatic heterocycles. The average molecular weight is 495 g/mol. The van der Waals surface area contributed by atoms with Crippen molar-refractivity contribution >= 4 is 34.7 Å². The van der Waals surface area contributed by atoms with Crippen molar-refractivity contribution < 1.29 is 28.4 Å². The second kappa shape index (κ2) is 10.4. The van der Waals surface area contributed by atoms with Crippen molar-refractivity contribution in [1.29, 1.82) is 0 Å². The maximum Gasteiger partial charge on any atom is 0.293 e. The number of hydrogen-bond acceptors (Lipinski definition) is 7. The number of imide groups is 1. The molecule has 0 aliphatic carbocycles. The minimum Gasteiger partial charge on any atom is -0.493 e. The summed E-state index contributed by atoms with van der Waals surface area (Å²) in [6.45, 7) is -0.238. The Morgan fingerprint density at radius 1 is 1.03 bits per heavy atom. The number of amides is 2. The van der Waals surface area contributed by atoms with Crippen LogP contribution in [0.2, 0.25) is 0 Å². The summed E-state index contributed by atoms with van der Waals surface area (Å²) in [5.74, 6) is -0.190. The van der Waals surface area contributed by atoms with Crippen LogP contribution in [0.3, 0.4) is 0 Å². The molecule has 1 aliphatic rings. The molecule has 1 aliphatic heterocycles. The third kappa shape index (κ3) is 5.33. The van der Waals surface area contributed by atoms with Crippen molar-refractivity contribution in [2.24, 2.45) is 0 Å². The fourth-order valence-corrected chi connectivity index (χ4v) is 4.29. The summed E-state index contributed by atoms with van der Waals surface area (Å²) >= 11 is 0.745. The Hall–Kier alpha value is -4.18. The Bertz CT molecular complexity index is 1340. The monoisotopic (exact) mass is 494 g/mol. The van der Waals surface area contributed by atoms with E-state index in [1.54, 1.807) is 42.5 Å². The molecule has 0 saturated carbocycles. The summed E-state index contributed by atoms with van der Waals surface area (Å²) in [5, 5.41) is 10.7. The molecule has 0 bridgehead atoms. The maximum absolute atomic E-state index is 13.9. The van der Waals surface area contributed by atoms with Gasteiger partial charge in [0.15, 0.2) is 11.5 Å². The van der Waals surface area contributed by atoms with Gasteiger partial charge < -0.3 is 9.47 Å². The fourth-order valence-electron chi connectivity index (χ4n) is 3.45. The van der Waals surface area contributed by atoms with E-state index >= 15 is 0 Å². The molecular weight excluding hydrogens is 475 g/mol. The van der Waals surface area contributed by atoms with Gasteiger partial charge in [-0.05, 0) is 41.6 Å². The first kappa shape index (κ1) is 24.0. The van der Waals surface area contributed by atoms with Gasteiger partial charge in [-0.15, -0.1) is 0 Å². The molecule has 3 aromatic rings. The highest BCUT2D eigenvalue weighted by molar-refractivity contribution is 8.18. The molecule has 1 heterocycles. The number of halogens is 1. The van der Waals surface area contributed by atoms with E-state index in [9.17, 15) is 24.1 Å². The van der Waals surface area contributed by atoms with Crippen LogP contribution < -0.4 is 9.47 Å². The van der Waals surface area contributed by atoms with Crippen LogP contribution in [0.4, 0.5) is 14.9 Å². The Balaban J connectivity index is 1.55. The van der Waals surface area contributed by atoms with Crippen LogP contribution >= 0.6 is 11.8 Å². The van der Waals surface area contributed by atoms with Gasteiger partial charge in [-0.25, -0.2) is 4.39 Å². The average Bonchev–Trinajstić information content (AvgIpc) is 3.11. The van der Waals surface area contributed by atoms with E-state index in [-0.39, 0.29) is 29.3 Å². The van der Waals surface area contributed by atoms with E-state index in [1.807, 2.05) is 0 Å². The molecule has 0 atom stereocenters. The van der Waals surface area contributed by atoms with Crippen molar-refractivity contribution in [2.75, 3.05) is 7.11 Å². The largest absolute Gasteiger partial charge is 0.493 e. The first-order chi connectivity index (χ1) is 16.9. The zero-order valence-electron chi connectivity index (χ0n) is 18.5. The summed E-state index contributed by atoms with van der Waals surface area (Å²) in [5.41, 5.74) is 1.03. The topological polar surface area (TPSA) is 99.0 Å². The van der Waals surface area contributed by atoms with Crippen molar-refractivity contribution in [3.63, 3.8) is 0 Å². The van der Waals surface area contributed by atoms with Gasteiger partial charge in [-0.2, -0.15) is 0 Å². The van der Waals surface area contributed by atoms with E-state index in [0.717, 1.165) is 16.7 Å². The maximum atomic E-state index is 13.9. The SMILES string of the molecule is COc1ccc(/C=C2\SC(=O)N(Cc3ccccc3[N+](=O)[O-])C2=O)cc1OCc1ccccc1F. The highest BCUT2D eigenvalue weighted by Crippen LogP contribution is 2.36.